The molecule has 1 atom stereocenters. The predicted octanol–water partition coefficient (Wildman–Crippen LogP) is 1.14. The van der Waals surface area contributed by atoms with E-state index in [2.05, 4.69) is 38.3 Å². The van der Waals surface area contributed by atoms with Crippen molar-refractivity contribution in [1.82, 2.24) is 15.1 Å². The van der Waals surface area contributed by atoms with Gasteiger partial charge >= 0.3 is 0 Å². The smallest absolute Gasteiger partial charge is 0.253 e. The van der Waals surface area contributed by atoms with E-state index >= 15 is 0 Å². The monoisotopic (exact) mass is 373 g/mol. The second-order valence-electron chi connectivity index (χ2n) is 5.37. The Kier molecular flexibility index (Phi) is 5.29. The highest BCUT2D eigenvalue weighted by atomic mass is 79.9. The van der Waals surface area contributed by atoms with Gasteiger partial charge in [0.15, 0.2) is 0 Å². The molecule has 5 nitrogen and oxygen atoms in total. The van der Waals surface area contributed by atoms with Crippen LogP contribution in [0, 0.1) is 0 Å². The van der Waals surface area contributed by atoms with Crippen molar-refractivity contribution >= 4 is 33.2 Å². The number of hydrogen-bond acceptors (Lipinski definition) is 5. The summed E-state index contributed by atoms with van der Waals surface area (Å²) < 4.78 is 6.72. The summed E-state index contributed by atoms with van der Waals surface area (Å²) in [6, 6.07) is 4.25. The van der Waals surface area contributed by atoms with E-state index in [4.69, 9.17) is 4.74 Å². The molecule has 1 amide bonds. The summed E-state index contributed by atoms with van der Waals surface area (Å²) in [6.45, 7) is 6.54. The summed E-state index contributed by atoms with van der Waals surface area (Å²) in [5, 5.41) is 3.21. The molecule has 3 rings (SSSR count). The molecule has 1 unspecified atom stereocenters. The van der Waals surface area contributed by atoms with Crippen molar-refractivity contribution in [2.75, 3.05) is 45.9 Å². The first-order valence-corrected chi connectivity index (χ1v) is 8.91. The molecule has 2 saturated heterocycles. The number of amides is 1. The van der Waals surface area contributed by atoms with E-state index in [1.807, 2.05) is 4.90 Å². The third-order valence-electron chi connectivity index (χ3n) is 3.90. The Morgan fingerprint density at radius 1 is 1.38 bits per heavy atom. The fraction of sp³-hybridized carbons (Fsp3) is 0.643. The molecule has 2 aliphatic rings. The number of piperazine rings is 1. The lowest BCUT2D eigenvalue weighted by Gasteiger charge is -2.36. The first-order valence-electron chi connectivity index (χ1n) is 7.30. The molecule has 0 aliphatic carbocycles. The second-order valence-corrected chi connectivity index (χ2v) is 7.92. The van der Waals surface area contributed by atoms with Crippen LogP contribution in [0.15, 0.2) is 15.9 Å². The number of morpholine rings is 1. The van der Waals surface area contributed by atoms with Gasteiger partial charge in [0.05, 0.1) is 10.4 Å². The molecular weight excluding hydrogens is 354 g/mol. The van der Waals surface area contributed by atoms with E-state index in [0.29, 0.717) is 13.2 Å². The number of carbonyl (C=O) groups is 1. The molecule has 0 saturated carbocycles. The van der Waals surface area contributed by atoms with Crippen LogP contribution in [0.5, 0.6) is 0 Å². The average molecular weight is 374 g/mol. The van der Waals surface area contributed by atoms with Crippen molar-refractivity contribution in [1.29, 1.82) is 0 Å². The maximum absolute atomic E-state index is 12.4. The Labute approximate surface area is 137 Å². The Hall–Kier alpha value is -0.470. The van der Waals surface area contributed by atoms with Crippen LogP contribution in [-0.4, -0.2) is 67.7 Å². The molecule has 0 bridgehead atoms. The molecule has 0 spiro atoms. The van der Waals surface area contributed by atoms with Crippen LogP contribution in [0.25, 0.3) is 0 Å². The molecule has 2 aliphatic heterocycles. The zero-order valence-corrected chi connectivity index (χ0v) is 14.3. The molecule has 2 fully saturated rings. The van der Waals surface area contributed by atoms with Crippen molar-refractivity contribution in [3.63, 3.8) is 0 Å². The molecule has 116 valence electrons. The van der Waals surface area contributed by atoms with Crippen molar-refractivity contribution < 1.29 is 9.53 Å². The highest BCUT2D eigenvalue weighted by Gasteiger charge is 2.29. The second kappa shape index (κ2) is 7.19. The van der Waals surface area contributed by atoms with Gasteiger partial charge in [-0.3, -0.25) is 9.69 Å². The Morgan fingerprint density at radius 2 is 2.19 bits per heavy atom. The summed E-state index contributed by atoms with van der Waals surface area (Å²) in [7, 11) is 0. The maximum Gasteiger partial charge on any atom is 0.253 e. The van der Waals surface area contributed by atoms with Crippen LogP contribution in [0.4, 0.5) is 0 Å². The minimum absolute atomic E-state index is 0.140. The normalized spacial score (nSPS) is 24.2. The van der Waals surface area contributed by atoms with Gasteiger partial charge in [-0.05, 0) is 28.1 Å². The lowest BCUT2D eigenvalue weighted by Crippen LogP contribution is -2.54. The molecule has 7 heteroatoms. The number of rotatable bonds is 3. The number of thiophene rings is 1. The minimum Gasteiger partial charge on any atom is -0.366 e. The van der Waals surface area contributed by atoms with E-state index in [9.17, 15) is 4.79 Å². The van der Waals surface area contributed by atoms with Crippen molar-refractivity contribution in [2.45, 2.75) is 12.6 Å². The third-order valence-corrected chi connectivity index (χ3v) is 5.50. The Morgan fingerprint density at radius 3 is 2.81 bits per heavy atom. The molecule has 0 radical (unpaired) electrons. The summed E-state index contributed by atoms with van der Waals surface area (Å²) in [5.74, 6) is 0.140. The van der Waals surface area contributed by atoms with E-state index in [0.717, 1.165) is 39.3 Å². The molecular formula is C14H20BrN3O2S. The number of nitrogens with one attached hydrogen (secondary N) is 1. The SMILES string of the molecule is O=C(C1CNCCO1)N1CCN(Cc2ccc(Br)s2)CC1. The van der Waals surface area contributed by atoms with Gasteiger partial charge in [-0.1, -0.05) is 0 Å². The Bertz CT molecular complexity index is 482. The zero-order chi connectivity index (χ0) is 14.7. The first-order chi connectivity index (χ1) is 10.2. The summed E-state index contributed by atoms with van der Waals surface area (Å²) in [6.07, 6.45) is -0.293. The summed E-state index contributed by atoms with van der Waals surface area (Å²) in [5.41, 5.74) is 0. The largest absolute Gasteiger partial charge is 0.366 e. The van der Waals surface area contributed by atoms with Gasteiger partial charge in [0.25, 0.3) is 5.91 Å². The van der Waals surface area contributed by atoms with E-state index in [1.54, 1.807) is 11.3 Å². The standard InChI is InChI=1S/C14H20BrN3O2S/c15-13-2-1-11(21-13)10-17-4-6-18(7-5-17)14(19)12-9-16-3-8-20-12/h1-2,12,16H,3-10H2. The minimum atomic E-state index is -0.293. The van der Waals surface area contributed by atoms with Gasteiger partial charge in [-0.2, -0.15) is 0 Å². The average Bonchev–Trinajstić information content (AvgIpc) is 2.93. The number of hydrogen-bond donors (Lipinski definition) is 1. The van der Waals surface area contributed by atoms with Gasteiger partial charge in [0.1, 0.15) is 6.10 Å². The van der Waals surface area contributed by atoms with E-state index < -0.39 is 0 Å². The molecule has 3 heterocycles. The van der Waals surface area contributed by atoms with Crippen LogP contribution in [0.3, 0.4) is 0 Å². The first kappa shape index (κ1) is 15.4. The summed E-state index contributed by atoms with van der Waals surface area (Å²) in [4.78, 5) is 18.1. The van der Waals surface area contributed by atoms with Crippen LogP contribution in [0.2, 0.25) is 0 Å². The third kappa shape index (κ3) is 4.04. The van der Waals surface area contributed by atoms with E-state index in [-0.39, 0.29) is 12.0 Å². The number of ether oxygens (including phenoxy) is 1. The van der Waals surface area contributed by atoms with E-state index in [1.165, 1.54) is 8.66 Å². The summed E-state index contributed by atoms with van der Waals surface area (Å²) >= 11 is 5.27. The maximum atomic E-state index is 12.4. The van der Waals surface area contributed by atoms with Crippen molar-refractivity contribution in [3.05, 3.63) is 20.8 Å². The molecule has 0 aromatic carbocycles. The van der Waals surface area contributed by atoms with Crippen LogP contribution < -0.4 is 5.32 Å². The van der Waals surface area contributed by atoms with Crippen LogP contribution in [-0.2, 0) is 16.1 Å². The molecule has 21 heavy (non-hydrogen) atoms. The number of halogens is 1. The van der Waals surface area contributed by atoms with Crippen molar-refractivity contribution in [3.8, 4) is 0 Å². The molecule has 1 N–H and O–H groups in total. The zero-order valence-electron chi connectivity index (χ0n) is 11.9. The van der Waals surface area contributed by atoms with Gasteiger partial charge in [-0.15, -0.1) is 11.3 Å². The number of carbonyl (C=O) groups excluding carboxylic acids is 1. The fourth-order valence-electron chi connectivity index (χ4n) is 2.71. The molecule has 1 aromatic rings. The van der Waals surface area contributed by atoms with Crippen LogP contribution >= 0.6 is 27.3 Å². The predicted molar refractivity (Wildman–Crippen MR) is 86.5 cm³/mol. The van der Waals surface area contributed by atoms with Gasteiger partial charge in [0.2, 0.25) is 0 Å². The van der Waals surface area contributed by atoms with Gasteiger partial charge in [0, 0.05) is 50.7 Å². The van der Waals surface area contributed by atoms with Gasteiger partial charge in [-0.25, -0.2) is 0 Å². The quantitative estimate of drug-likeness (QED) is 0.862. The van der Waals surface area contributed by atoms with Crippen molar-refractivity contribution in [2.24, 2.45) is 0 Å². The lowest BCUT2D eigenvalue weighted by atomic mass is 10.2. The lowest BCUT2D eigenvalue weighted by molar-refractivity contribution is -0.147. The Balaban J connectivity index is 1.47. The van der Waals surface area contributed by atoms with Crippen LogP contribution in [0.1, 0.15) is 4.88 Å². The number of nitrogens with zero attached hydrogens (tertiary/aromatic N) is 2. The van der Waals surface area contributed by atoms with Gasteiger partial charge < -0.3 is 15.0 Å². The molecule has 1 aromatic heterocycles. The highest BCUT2D eigenvalue weighted by Crippen LogP contribution is 2.23. The highest BCUT2D eigenvalue weighted by molar-refractivity contribution is 9.11. The fourth-order valence-corrected chi connectivity index (χ4v) is 4.24. The topological polar surface area (TPSA) is 44.8 Å².